The third-order valence-corrected chi connectivity index (χ3v) is 7.32. The Hall–Kier alpha value is -4.51. The summed E-state index contributed by atoms with van der Waals surface area (Å²) in [5.41, 5.74) is 8.65. The van der Waals surface area contributed by atoms with Crippen LogP contribution in [0.25, 0.3) is 22.3 Å². The van der Waals surface area contributed by atoms with Crippen molar-refractivity contribution in [2.24, 2.45) is 0 Å². The fourth-order valence-electron chi connectivity index (χ4n) is 5.10. The van der Waals surface area contributed by atoms with Crippen LogP contribution in [0.4, 0.5) is 10.6 Å². The van der Waals surface area contributed by atoms with Gasteiger partial charge in [0, 0.05) is 18.7 Å². The average Bonchev–Trinajstić information content (AvgIpc) is 3.58. The molecule has 0 atom stereocenters. The van der Waals surface area contributed by atoms with Gasteiger partial charge in [0.15, 0.2) is 5.65 Å². The van der Waals surface area contributed by atoms with Gasteiger partial charge in [0.05, 0.1) is 11.4 Å². The van der Waals surface area contributed by atoms with Crippen molar-refractivity contribution in [3.63, 3.8) is 0 Å². The van der Waals surface area contributed by atoms with E-state index in [2.05, 4.69) is 20.1 Å². The molecule has 6 rings (SSSR count). The van der Waals surface area contributed by atoms with E-state index < -0.39 is 0 Å². The highest BCUT2D eigenvalue weighted by atomic mass is 35.5. The van der Waals surface area contributed by atoms with Gasteiger partial charge in [0.1, 0.15) is 35.7 Å². The van der Waals surface area contributed by atoms with Gasteiger partial charge in [0.25, 0.3) is 0 Å². The summed E-state index contributed by atoms with van der Waals surface area (Å²) < 4.78 is 9.07. The van der Waals surface area contributed by atoms with Gasteiger partial charge in [-0.15, -0.1) is 5.10 Å². The van der Waals surface area contributed by atoms with E-state index in [1.807, 2.05) is 59.3 Å². The zero-order valence-corrected chi connectivity index (χ0v) is 21.9. The van der Waals surface area contributed by atoms with Crippen LogP contribution in [0.2, 0.25) is 5.28 Å². The Morgan fingerprint density at radius 1 is 0.974 bits per heavy atom. The second-order valence-electron chi connectivity index (χ2n) is 9.50. The van der Waals surface area contributed by atoms with Gasteiger partial charge in [-0.05, 0) is 73.7 Å². The zero-order valence-electron chi connectivity index (χ0n) is 21.2. The highest BCUT2D eigenvalue weighted by molar-refractivity contribution is 6.28. The minimum absolute atomic E-state index is 0.0430. The second kappa shape index (κ2) is 10.3. The Bertz CT molecular complexity index is 1610. The first-order chi connectivity index (χ1) is 19.0. The number of nitrogen functional groups attached to an aromatic ring is 1. The van der Waals surface area contributed by atoms with Crippen molar-refractivity contribution in [1.82, 2.24) is 39.4 Å². The number of halogens is 1. The number of anilines is 1. The molecule has 3 aromatic heterocycles. The summed E-state index contributed by atoms with van der Waals surface area (Å²) in [6.07, 6.45) is 6.05. The largest absolute Gasteiger partial charge is 0.457 e. The first-order valence-electron chi connectivity index (χ1n) is 12.6. The van der Waals surface area contributed by atoms with E-state index in [9.17, 15) is 4.79 Å². The molecule has 1 saturated carbocycles. The number of rotatable bonds is 5. The number of benzene rings is 2. The predicted molar refractivity (Wildman–Crippen MR) is 147 cm³/mol. The topological polar surface area (TPSA) is 130 Å². The Kier molecular flexibility index (Phi) is 6.57. The van der Waals surface area contributed by atoms with Crippen LogP contribution in [-0.2, 0) is 0 Å². The van der Waals surface area contributed by atoms with Crippen LogP contribution in [0.15, 0.2) is 67.3 Å². The van der Waals surface area contributed by atoms with Crippen LogP contribution in [0.5, 0.6) is 11.5 Å². The molecule has 0 saturated heterocycles. The number of fused-ring (bicyclic) bond motifs is 1. The number of nitrogens with zero attached hydrogens (tertiary/aromatic N) is 8. The molecule has 12 heteroatoms. The summed E-state index contributed by atoms with van der Waals surface area (Å²) in [4.78, 5) is 27.1. The van der Waals surface area contributed by atoms with Gasteiger partial charge in [0.2, 0.25) is 5.28 Å². The fraction of sp³-hybridized carbons (Fsp3) is 0.259. The Morgan fingerprint density at radius 3 is 2.38 bits per heavy atom. The second-order valence-corrected chi connectivity index (χ2v) is 9.84. The van der Waals surface area contributed by atoms with Crippen LogP contribution in [-0.4, -0.2) is 58.5 Å². The summed E-state index contributed by atoms with van der Waals surface area (Å²) >= 11 is 5.78. The lowest BCUT2D eigenvalue weighted by atomic mass is 9.90. The molecule has 3 heterocycles. The van der Waals surface area contributed by atoms with Gasteiger partial charge in [-0.1, -0.05) is 18.2 Å². The molecule has 39 heavy (non-hydrogen) atoms. The SMILES string of the molecule is CN(C(=O)n1cnc(Cl)n1)C1CCC(n2nc(-c3ccc(Oc4ccccc4)cc3)c3c(N)ncnc32)CC1. The van der Waals surface area contributed by atoms with Gasteiger partial charge < -0.3 is 15.4 Å². The van der Waals surface area contributed by atoms with E-state index in [1.54, 1.807) is 11.9 Å². The lowest BCUT2D eigenvalue weighted by molar-refractivity contribution is 0.159. The molecule has 0 bridgehead atoms. The van der Waals surface area contributed by atoms with Crippen LogP contribution in [0.1, 0.15) is 31.7 Å². The van der Waals surface area contributed by atoms with Crippen LogP contribution in [0.3, 0.4) is 0 Å². The van der Waals surface area contributed by atoms with Gasteiger partial charge in [-0.25, -0.2) is 24.4 Å². The van der Waals surface area contributed by atoms with Crippen molar-refractivity contribution in [1.29, 1.82) is 0 Å². The lowest BCUT2D eigenvalue weighted by Crippen LogP contribution is -2.42. The summed E-state index contributed by atoms with van der Waals surface area (Å²) in [7, 11) is 1.78. The molecule has 198 valence electrons. The average molecular weight is 544 g/mol. The molecule has 1 aliphatic carbocycles. The highest BCUT2D eigenvalue weighted by Crippen LogP contribution is 2.37. The van der Waals surface area contributed by atoms with Crippen molar-refractivity contribution in [3.05, 3.63) is 72.5 Å². The lowest BCUT2D eigenvalue weighted by Gasteiger charge is -2.34. The Morgan fingerprint density at radius 2 is 1.69 bits per heavy atom. The van der Waals surface area contributed by atoms with Gasteiger partial charge >= 0.3 is 6.03 Å². The summed E-state index contributed by atoms with van der Waals surface area (Å²) in [6.45, 7) is 0. The van der Waals surface area contributed by atoms with Crippen molar-refractivity contribution < 1.29 is 9.53 Å². The van der Waals surface area contributed by atoms with E-state index in [4.69, 9.17) is 27.2 Å². The van der Waals surface area contributed by atoms with E-state index in [0.29, 0.717) is 11.5 Å². The van der Waals surface area contributed by atoms with Gasteiger partial charge in [-0.2, -0.15) is 9.78 Å². The zero-order chi connectivity index (χ0) is 26.9. The summed E-state index contributed by atoms with van der Waals surface area (Å²) in [5, 5.41) is 9.68. The first-order valence-corrected chi connectivity index (χ1v) is 13.0. The molecule has 1 aliphatic rings. The third kappa shape index (κ3) is 4.88. The smallest absolute Gasteiger partial charge is 0.346 e. The highest BCUT2D eigenvalue weighted by Gasteiger charge is 2.31. The minimum atomic E-state index is -0.259. The van der Waals surface area contributed by atoms with Gasteiger partial charge in [-0.3, -0.25) is 0 Å². The number of para-hydroxylation sites is 1. The summed E-state index contributed by atoms with van der Waals surface area (Å²) in [6, 6.07) is 17.3. The Labute approximate surface area is 229 Å². The molecular weight excluding hydrogens is 518 g/mol. The summed E-state index contributed by atoms with van der Waals surface area (Å²) in [5.74, 6) is 1.88. The number of carbonyl (C=O) groups is 1. The minimum Gasteiger partial charge on any atom is -0.457 e. The molecule has 11 nitrogen and oxygen atoms in total. The van der Waals surface area contributed by atoms with E-state index in [0.717, 1.165) is 58.5 Å². The normalized spacial score (nSPS) is 17.3. The van der Waals surface area contributed by atoms with Crippen LogP contribution >= 0.6 is 11.6 Å². The number of amides is 1. The monoisotopic (exact) mass is 543 g/mol. The number of ether oxygens (including phenoxy) is 1. The predicted octanol–water partition coefficient (Wildman–Crippen LogP) is 5.20. The molecule has 1 fully saturated rings. The van der Waals surface area contributed by atoms with Crippen molar-refractivity contribution in [2.75, 3.05) is 12.8 Å². The fourth-order valence-corrected chi connectivity index (χ4v) is 5.23. The molecule has 0 spiro atoms. The first kappa shape index (κ1) is 24.8. The Balaban J connectivity index is 1.22. The maximum Gasteiger partial charge on any atom is 0.346 e. The third-order valence-electron chi connectivity index (χ3n) is 7.15. The van der Waals surface area contributed by atoms with Crippen LogP contribution < -0.4 is 10.5 Å². The molecule has 1 amide bonds. The quantitative estimate of drug-likeness (QED) is 0.320. The van der Waals surface area contributed by atoms with Crippen molar-refractivity contribution in [3.8, 4) is 22.8 Å². The maximum absolute atomic E-state index is 12.8. The number of hydrogen-bond donors (Lipinski definition) is 1. The number of aromatic nitrogens is 7. The standard InChI is InChI=1S/C27H26ClN9O2/c1-35(27(38)36-16-32-26(28)34-36)18-9-11-19(12-10-18)37-25-22(24(29)30-15-31-25)23(33-37)17-7-13-21(14-8-17)39-20-5-3-2-4-6-20/h2-8,13-16,18-19H,9-12H2,1H3,(H2,29,30,31). The molecule has 0 radical (unpaired) electrons. The van der Waals surface area contributed by atoms with E-state index in [-0.39, 0.29) is 23.4 Å². The number of nitrogens with two attached hydrogens (primary N) is 1. The van der Waals surface area contributed by atoms with Crippen molar-refractivity contribution in [2.45, 2.75) is 37.8 Å². The number of carbonyl (C=O) groups excluding carboxylic acids is 1. The molecule has 0 aliphatic heterocycles. The van der Waals surface area contributed by atoms with Crippen LogP contribution in [0, 0.1) is 0 Å². The van der Waals surface area contributed by atoms with E-state index in [1.165, 1.54) is 12.7 Å². The molecule has 2 aromatic carbocycles. The molecule has 5 aromatic rings. The van der Waals surface area contributed by atoms with E-state index >= 15 is 0 Å². The molecule has 2 N–H and O–H groups in total. The molecular formula is C27H26ClN9O2. The number of hydrogen-bond acceptors (Lipinski definition) is 8. The molecule has 0 unspecified atom stereocenters. The van der Waals surface area contributed by atoms with Crippen molar-refractivity contribution >= 4 is 34.5 Å². The maximum atomic E-state index is 12.8.